The number of hydrogen-bond acceptors (Lipinski definition) is 7. The number of halogens is 1. The van der Waals surface area contributed by atoms with Crippen molar-refractivity contribution in [2.75, 3.05) is 45.9 Å². The summed E-state index contributed by atoms with van der Waals surface area (Å²) in [5.74, 6) is -0.0160. The van der Waals surface area contributed by atoms with Crippen LogP contribution in [0.1, 0.15) is 28.8 Å². The van der Waals surface area contributed by atoms with E-state index in [1.807, 2.05) is 29.2 Å². The monoisotopic (exact) mass is 553 g/mol. The number of pyridine rings is 1. The molecule has 0 bridgehead atoms. The van der Waals surface area contributed by atoms with Crippen LogP contribution in [0.2, 0.25) is 5.02 Å². The molecule has 3 aliphatic heterocycles. The SMILES string of the molecule is O=C1N[C@@H]2CN(Cc3ccccc3Cl)C[C@@H]2OCC(=O)N2CCN(C(=O)C3CC3)C[C@H]2COc2ncccc21. The second kappa shape index (κ2) is 11.1. The van der Waals surface area contributed by atoms with Crippen molar-refractivity contribution in [3.05, 3.63) is 58.7 Å². The number of piperazine rings is 1. The predicted octanol–water partition coefficient (Wildman–Crippen LogP) is 1.58. The van der Waals surface area contributed by atoms with Gasteiger partial charge in [0.2, 0.25) is 17.7 Å². The molecule has 1 aromatic carbocycles. The van der Waals surface area contributed by atoms with Crippen LogP contribution in [-0.2, 0) is 20.9 Å². The van der Waals surface area contributed by atoms with Crippen molar-refractivity contribution >= 4 is 29.3 Å². The Hall–Kier alpha value is -3.21. The molecule has 0 unspecified atom stereocenters. The van der Waals surface area contributed by atoms with Crippen LogP contribution in [0.25, 0.3) is 0 Å². The van der Waals surface area contributed by atoms with Gasteiger partial charge in [-0.1, -0.05) is 29.8 Å². The van der Waals surface area contributed by atoms with Crippen LogP contribution < -0.4 is 10.1 Å². The second-order valence-electron chi connectivity index (χ2n) is 10.7. The van der Waals surface area contributed by atoms with Crippen molar-refractivity contribution in [3.8, 4) is 5.88 Å². The summed E-state index contributed by atoms with van der Waals surface area (Å²) in [6.07, 6.45) is 3.03. The summed E-state index contributed by atoms with van der Waals surface area (Å²) in [4.78, 5) is 49.6. The molecular weight excluding hydrogens is 522 g/mol. The number of hydrogen-bond donors (Lipinski definition) is 1. The molecule has 2 saturated heterocycles. The summed E-state index contributed by atoms with van der Waals surface area (Å²) in [5.41, 5.74) is 1.31. The zero-order chi connectivity index (χ0) is 26.9. The molecule has 0 radical (unpaired) electrons. The topological polar surface area (TPSA) is 104 Å². The predicted molar refractivity (Wildman–Crippen MR) is 142 cm³/mol. The Morgan fingerprint density at radius 1 is 1.08 bits per heavy atom. The molecule has 10 nitrogen and oxygen atoms in total. The van der Waals surface area contributed by atoms with Crippen molar-refractivity contribution in [1.29, 1.82) is 0 Å². The quantitative estimate of drug-likeness (QED) is 0.615. The third kappa shape index (κ3) is 5.73. The van der Waals surface area contributed by atoms with E-state index in [0.717, 1.165) is 18.4 Å². The van der Waals surface area contributed by atoms with Gasteiger partial charge in [0.15, 0.2) is 0 Å². The molecule has 3 amide bonds. The minimum Gasteiger partial charge on any atom is -0.475 e. The van der Waals surface area contributed by atoms with Gasteiger partial charge in [-0.25, -0.2) is 4.98 Å². The maximum absolute atomic E-state index is 13.4. The summed E-state index contributed by atoms with van der Waals surface area (Å²) >= 11 is 6.39. The Bertz CT molecular complexity index is 1260. The smallest absolute Gasteiger partial charge is 0.257 e. The molecule has 3 atom stereocenters. The normalized spacial score (nSPS) is 26.2. The van der Waals surface area contributed by atoms with Crippen LogP contribution in [0.15, 0.2) is 42.6 Å². The van der Waals surface area contributed by atoms with Crippen LogP contribution in [0, 0.1) is 5.92 Å². The fraction of sp³-hybridized carbons (Fsp3) is 0.500. The number of nitrogens with one attached hydrogen (secondary N) is 1. The third-order valence-electron chi connectivity index (χ3n) is 7.90. The van der Waals surface area contributed by atoms with Gasteiger partial charge in [0.05, 0.1) is 18.2 Å². The van der Waals surface area contributed by atoms with Crippen LogP contribution in [0.3, 0.4) is 0 Å². The molecule has 6 rings (SSSR count). The molecule has 1 N–H and O–H groups in total. The van der Waals surface area contributed by atoms with Gasteiger partial charge in [0.25, 0.3) is 5.91 Å². The Balaban J connectivity index is 1.24. The first-order chi connectivity index (χ1) is 19.0. The van der Waals surface area contributed by atoms with E-state index < -0.39 is 6.10 Å². The highest BCUT2D eigenvalue weighted by atomic mass is 35.5. The van der Waals surface area contributed by atoms with Gasteiger partial charge in [-0.2, -0.15) is 0 Å². The molecule has 11 heteroatoms. The molecule has 39 heavy (non-hydrogen) atoms. The number of aromatic nitrogens is 1. The van der Waals surface area contributed by atoms with Gasteiger partial charge >= 0.3 is 0 Å². The lowest BCUT2D eigenvalue weighted by molar-refractivity contribution is -0.149. The van der Waals surface area contributed by atoms with E-state index in [1.54, 1.807) is 23.2 Å². The molecule has 1 saturated carbocycles. The molecule has 4 aliphatic rings. The number of ether oxygens (including phenoxy) is 2. The summed E-state index contributed by atoms with van der Waals surface area (Å²) in [6, 6.07) is 10.3. The molecule has 3 fully saturated rings. The van der Waals surface area contributed by atoms with Gasteiger partial charge in [-0.05, 0) is 36.6 Å². The summed E-state index contributed by atoms with van der Waals surface area (Å²) < 4.78 is 12.2. The number of rotatable bonds is 3. The fourth-order valence-corrected chi connectivity index (χ4v) is 5.83. The molecule has 1 aliphatic carbocycles. The number of carbonyl (C=O) groups is 3. The Morgan fingerprint density at radius 2 is 1.92 bits per heavy atom. The van der Waals surface area contributed by atoms with E-state index in [9.17, 15) is 14.4 Å². The number of carbonyl (C=O) groups excluding carboxylic acids is 3. The first kappa shape index (κ1) is 26.0. The number of nitrogens with zero attached hydrogens (tertiary/aromatic N) is 4. The highest BCUT2D eigenvalue weighted by molar-refractivity contribution is 6.31. The van der Waals surface area contributed by atoms with Crippen LogP contribution in [-0.4, -0.2) is 102 Å². The van der Waals surface area contributed by atoms with Crippen LogP contribution >= 0.6 is 11.6 Å². The minimum atomic E-state index is -0.390. The number of fused-ring (bicyclic) bond motifs is 3. The van der Waals surface area contributed by atoms with E-state index in [-0.39, 0.29) is 54.8 Å². The van der Waals surface area contributed by atoms with E-state index in [4.69, 9.17) is 21.1 Å². The van der Waals surface area contributed by atoms with E-state index in [0.29, 0.717) is 49.9 Å². The molecular formula is C28H32ClN5O5. The lowest BCUT2D eigenvalue weighted by Crippen LogP contribution is -2.59. The molecule has 1 aromatic heterocycles. The van der Waals surface area contributed by atoms with E-state index in [2.05, 4.69) is 15.2 Å². The highest BCUT2D eigenvalue weighted by Crippen LogP contribution is 2.32. The summed E-state index contributed by atoms with van der Waals surface area (Å²) in [7, 11) is 0. The van der Waals surface area contributed by atoms with E-state index >= 15 is 0 Å². The maximum Gasteiger partial charge on any atom is 0.257 e. The zero-order valence-electron chi connectivity index (χ0n) is 21.6. The largest absolute Gasteiger partial charge is 0.475 e. The number of likely N-dealkylation sites (tertiary alicyclic amines) is 1. The standard InChI is InChI=1S/C28H32ClN5O5/c29-22-6-2-1-4-19(22)12-32-14-23-24(15-32)38-17-25(35)34-11-10-33(28(37)18-7-8-18)13-20(34)16-39-27-21(26(36)31-23)5-3-9-30-27/h1-6,9,18,20,23-24H,7-8,10-17H2,(H,31,36)/t20-,23+,24-/m0/s1. The van der Waals surface area contributed by atoms with Gasteiger partial charge in [-0.15, -0.1) is 0 Å². The van der Waals surface area contributed by atoms with Gasteiger partial charge < -0.3 is 24.6 Å². The van der Waals surface area contributed by atoms with Gasteiger partial charge in [0.1, 0.15) is 18.8 Å². The molecule has 0 spiro atoms. The summed E-state index contributed by atoms with van der Waals surface area (Å²) in [6.45, 7) is 2.96. The van der Waals surface area contributed by atoms with Crippen LogP contribution in [0.5, 0.6) is 5.88 Å². The number of benzene rings is 1. The fourth-order valence-electron chi connectivity index (χ4n) is 5.63. The zero-order valence-corrected chi connectivity index (χ0v) is 22.4. The van der Waals surface area contributed by atoms with Crippen molar-refractivity contribution in [2.45, 2.75) is 37.6 Å². The lowest BCUT2D eigenvalue weighted by atomic mass is 10.1. The Morgan fingerprint density at radius 3 is 2.74 bits per heavy atom. The summed E-state index contributed by atoms with van der Waals surface area (Å²) in [5, 5.41) is 3.77. The molecule has 2 aromatic rings. The van der Waals surface area contributed by atoms with E-state index in [1.165, 1.54) is 0 Å². The van der Waals surface area contributed by atoms with Gasteiger partial charge in [0, 0.05) is 56.4 Å². The van der Waals surface area contributed by atoms with Crippen molar-refractivity contribution in [1.82, 2.24) is 25.0 Å². The average Bonchev–Trinajstić information content (AvgIpc) is 3.73. The number of amides is 3. The van der Waals surface area contributed by atoms with Crippen molar-refractivity contribution in [2.24, 2.45) is 5.92 Å². The van der Waals surface area contributed by atoms with Crippen molar-refractivity contribution < 1.29 is 23.9 Å². The molecule has 206 valence electrons. The lowest BCUT2D eigenvalue weighted by Gasteiger charge is -2.41. The Labute approximate surface area is 232 Å². The average molecular weight is 554 g/mol. The maximum atomic E-state index is 13.4. The van der Waals surface area contributed by atoms with Crippen molar-refractivity contribution in [3.63, 3.8) is 0 Å². The first-order valence-corrected chi connectivity index (χ1v) is 13.9. The Kier molecular flexibility index (Phi) is 7.42. The second-order valence-corrected chi connectivity index (χ2v) is 11.1. The molecule has 4 heterocycles. The third-order valence-corrected chi connectivity index (χ3v) is 8.27. The highest BCUT2D eigenvalue weighted by Gasteiger charge is 2.40. The van der Waals surface area contributed by atoms with Crippen LogP contribution in [0.4, 0.5) is 0 Å². The van der Waals surface area contributed by atoms with Gasteiger partial charge in [-0.3, -0.25) is 19.3 Å². The minimum absolute atomic E-state index is 0.102. The first-order valence-electron chi connectivity index (χ1n) is 13.5.